The van der Waals surface area contributed by atoms with Crippen molar-refractivity contribution in [3.8, 4) is 5.88 Å². The second kappa shape index (κ2) is 3.36. The lowest BCUT2D eigenvalue weighted by Crippen LogP contribution is -2.32. The van der Waals surface area contributed by atoms with E-state index >= 15 is 0 Å². The van der Waals surface area contributed by atoms with Crippen molar-refractivity contribution in [2.75, 3.05) is 0 Å². The van der Waals surface area contributed by atoms with Gasteiger partial charge >= 0.3 is 7.12 Å². The van der Waals surface area contributed by atoms with Crippen LogP contribution in [0.2, 0.25) is 0 Å². The monoisotopic (exact) mass is 179 g/mol. The second-order valence-electron chi connectivity index (χ2n) is 3.09. The first-order valence-corrected chi connectivity index (χ1v) is 4.25. The molecule has 0 saturated heterocycles. The Labute approximate surface area is 76.3 Å². The minimum absolute atomic E-state index is 0.215. The average Bonchev–Trinajstić information content (AvgIpc) is 2.89. The normalized spacial score (nSPS) is 15.5. The molecular formula is C8H10BNO3. The molecule has 0 radical (unpaired) electrons. The third-order valence-electron chi connectivity index (χ3n) is 1.88. The predicted molar refractivity (Wildman–Crippen MR) is 47.7 cm³/mol. The lowest BCUT2D eigenvalue weighted by Gasteiger charge is -2.07. The summed E-state index contributed by atoms with van der Waals surface area (Å²) in [7, 11) is -1.51. The molecule has 68 valence electrons. The summed E-state index contributed by atoms with van der Waals surface area (Å²) >= 11 is 0. The van der Waals surface area contributed by atoms with Gasteiger partial charge in [0.1, 0.15) is 6.10 Å². The van der Waals surface area contributed by atoms with Gasteiger partial charge in [-0.15, -0.1) is 0 Å². The Kier molecular flexibility index (Phi) is 2.20. The maximum Gasteiger partial charge on any atom is 0.494 e. The van der Waals surface area contributed by atoms with E-state index < -0.39 is 7.12 Å². The van der Waals surface area contributed by atoms with Gasteiger partial charge in [0.25, 0.3) is 0 Å². The van der Waals surface area contributed by atoms with Crippen molar-refractivity contribution in [2.45, 2.75) is 18.9 Å². The minimum Gasteiger partial charge on any atom is -0.475 e. The highest BCUT2D eigenvalue weighted by atomic mass is 16.5. The first-order chi connectivity index (χ1) is 6.27. The average molecular weight is 179 g/mol. The molecule has 4 nitrogen and oxygen atoms in total. The second-order valence-corrected chi connectivity index (χ2v) is 3.09. The maximum absolute atomic E-state index is 8.97. The first kappa shape index (κ1) is 8.53. The summed E-state index contributed by atoms with van der Waals surface area (Å²) in [6.45, 7) is 0. The predicted octanol–water partition coefficient (Wildman–Crippen LogP) is -0.697. The molecule has 5 heteroatoms. The van der Waals surface area contributed by atoms with Gasteiger partial charge in [0.15, 0.2) is 0 Å². The Hall–Kier alpha value is -1.07. The summed E-state index contributed by atoms with van der Waals surface area (Å²) in [6, 6.07) is 3.24. The van der Waals surface area contributed by atoms with Crippen LogP contribution >= 0.6 is 0 Å². The van der Waals surface area contributed by atoms with E-state index in [1.807, 2.05) is 0 Å². The van der Waals surface area contributed by atoms with Gasteiger partial charge in [-0.2, -0.15) is 0 Å². The lowest BCUT2D eigenvalue weighted by atomic mass is 9.81. The third-order valence-corrected chi connectivity index (χ3v) is 1.88. The molecule has 0 amide bonds. The number of rotatable bonds is 3. The van der Waals surface area contributed by atoms with Crippen LogP contribution in [0, 0.1) is 0 Å². The van der Waals surface area contributed by atoms with E-state index in [4.69, 9.17) is 14.8 Å². The number of nitrogens with zero attached hydrogens (tertiary/aromatic N) is 1. The molecule has 0 unspecified atom stereocenters. The van der Waals surface area contributed by atoms with Crippen molar-refractivity contribution in [1.29, 1.82) is 0 Å². The summed E-state index contributed by atoms with van der Waals surface area (Å²) < 4.78 is 5.39. The van der Waals surface area contributed by atoms with Crippen molar-refractivity contribution in [1.82, 2.24) is 4.98 Å². The molecule has 0 spiro atoms. The van der Waals surface area contributed by atoms with Crippen molar-refractivity contribution in [3.63, 3.8) is 0 Å². The van der Waals surface area contributed by atoms with Gasteiger partial charge in [0, 0.05) is 11.7 Å². The Balaban J connectivity index is 2.20. The molecule has 1 heterocycles. The number of pyridine rings is 1. The van der Waals surface area contributed by atoms with Crippen LogP contribution in [0.3, 0.4) is 0 Å². The van der Waals surface area contributed by atoms with Crippen LogP contribution in [0.1, 0.15) is 12.8 Å². The van der Waals surface area contributed by atoms with Crippen molar-refractivity contribution >= 4 is 12.6 Å². The Bertz CT molecular complexity index is 301. The molecule has 0 aromatic carbocycles. The smallest absolute Gasteiger partial charge is 0.475 e. The van der Waals surface area contributed by atoms with E-state index in [1.54, 1.807) is 18.3 Å². The van der Waals surface area contributed by atoms with Crippen molar-refractivity contribution in [3.05, 3.63) is 18.3 Å². The zero-order valence-electron chi connectivity index (χ0n) is 7.05. The Morgan fingerprint density at radius 1 is 1.46 bits per heavy atom. The molecule has 1 saturated carbocycles. The summed E-state index contributed by atoms with van der Waals surface area (Å²) in [5.41, 5.74) is 0.328. The van der Waals surface area contributed by atoms with Gasteiger partial charge in [-0.05, 0) is 18.9 Å². The molecular weight excluding hydrogens is 169 g/mol. The largest absolute Gasteiger partial charge is 0.494 e. The van der Waals surface area contributed by atoms with E-state index in [-0.39, 0.29) is 6.10 Å². The molecule has 1 aromatic rings. The summed E-state index contributed by atoms with van der Waals surface area (Å²) in [6.07, 6.45) is 3.84. The summed E-state index contributed by atoms with van der Waals surface area (Å²) in [5.74, 6) is 0.333. The molecule has 2 rings (SSSR count). The maximum atomic E-state index is 8.97. The van der Waals surface area contributed by atoms with Gasteiger partial charge in [-0.25, -0.2) is 4.98 Å². The van der Waals surface area contributed by atoms with Crippen LogP contribution in [-0.4, -0.2) is 28.3 Å². The van der Waals surface area contributed by atoms with Crippen LogP contribution in [0.4, 0.5) is 0 Å². The zero-order valence-corrected chi connectivity index (χ0v) is 7.05. The fraction of sp³-hybridized carbons (Fsp3) is 0.375. The van der Waals surface area contributed by atoms with Crippen molar-refractivity contribution < 1.29 is 14.8 Å². The molecule has 1 aromatic heterocycles. The standard InChI is InChI=1S/C8H10BNO3/c11-9(12)7-2-1-5-10-8(7)13-6-3-4-6/h1-2,5-6,11-12H,3-4H2. The highest BCUT2D eigenvalue weighted by Crippen LogP contribution is 2.24. The third kappa shape index (κ3) is 1.99. The van der Waals surface area contributed by atoms with E-state index in [2.05, 4.69) is 4.98 Å². The molecule has 0 atom stereocenters. The minimum atomic E-state index is -1.51. The highest BCUT2D eigenvalue weighted by molar-refractivity contribution is 6.59. The van der Waals surface area contributed by atoms with Gasteiger partial charge < -0.3 is 14.8 Å². The number of hydrogen-bond acceptors (Lipinski definition) is 4. The Morgan fingerprint density at radius 2 is 2.23 bits per heavy atom. The topological polar surface area (TPSA) is 62.6 Å². The van der Waals surface area contributed by atoms with Gasteiger partial charge in [-0.3, -0.25) is 0 Å². The molecule has 0 aliphatic heterocycles. The lowest BCUT2D eigenvalue weighted by molar-refractivity contribution is 0.292. The van der Waals surface area contributed by atoms with E-state index in [0.717, 1.165) is 12.8 Å². The van der Waals surface area contributed by atoms with E-state index in [1.165, 1.54) is 0 Å². The number of ether oxygens (including phenoxy) is 1. The van der Waals surface area contributed by atoms with Crippen LogP contribution in [0.5, 0.6) is 5.88 Å². The van der Waals surface area contributed by atoms with Gasteiger partial charge in [0.2, 0.25) is 5.88 Å². The fourth-order valence-electron chi connectivity index (χ4n) is 1.04. The SMILES string of the molecule is OB(O)c1cccnc1OC1CC1. The van der Waals surface area contributed by atoms with Gasteiger partial charge in [-0.1, -0.05) is 6.07 Å². The fourth-order valence-corrected chi connectivity index (χ4v) is 1.04. The zero-order chi connectivity index (χ0) is 9.26. The molecule has 13 heavy (non-hydrogen) atoms. The molecule has 1 aliphatic carbocycles. The molecule has 2 N–H and O–H groups in total. The number of aromatic nitrogens is 1. The van der Waals surface area contributed by atoms with Crippen LogP contribution in [-0.2, 0) is 0 Å². The van der Waals surface area contributed by atoms with E-state index in [9.17, 15) is 0 Å². The van der Waals surface area contributed by atoms with Gasteiger partial charge in [0.05, 0.1) is 0 Å². The van der Waals surface area contributed by atoms with Crippen molar-refractivity contribution in [2.24, 2.45) is 0 Å². The van der Waals surface area contributed by atoms with Crippen LogP contribution in [0.25, 0.3) is 0 Å². The van der Waals surface area contributed by atoms with Crippen LogP contribution in [0.15, 0.2) is 18.3 Å². The highest BCUT2D eigenvalue weighted by Gasteiger charge is 2.27. The summed E-state index contributed by atoms with van der Waals surface area (Å²) in [5, 5.41) is 17.9. The quantitative estimate of drug-likeness (QED) is 0.602. The first-order valence-electron chi connectivity index (χ1n) is 4.25. The molecule has 1 fully saturated rings. The molecule has 1 aliphatic rings. The summed E-state index contributed by atoms with van der Waals surface area (Å²) in [4.78, 5) is 3.94. The molecule has 0 bridgehead atoms. The number of hydrogen-bond donors (Lipinski definition) is 2. The van der Waals surface area contributed by atoms with E-state index in [0.29, 0.717) is 11.3 Å². The van der Waals surface area contributed by atoms with Crippen LogP contribution < -0.4 is 10.2 Å². The Morgan fingerprint density at radius 3 is 2.85 bits per heavy atom.